The van der Waals surface area contributed by atoms with E-state index in [1.54, 1.807) is 11.3 Å². The first-order valence-electron chi connectivity index (χ1n) is 6.41. The Morgan fingerprint density at radius 1 is 1.25 bits per heavy atom. The lowest BCUT2D eigenvalue weighted by atomic mass is 10.3. The molecule has 0 radical (unpaired) electrons. The second-order valence-electron chi connectivity index (χ2n) is 4.53. The van der Waals surface area contributed by atoms with Gasteiger partial charge in [-0.15, -0.1) is 21.5 Å². The highest BCUT2D eigenvalue weighted by Gasteiger charge is 2.14. The normalized spacial score (nSPS) is 11.2. The van der Waals surface area contributed by atoms with Gasteiger partial charge in [-0.1, -0.05) is 6.92 Å². The largest absolute Gasteiger partial charge is 0.423 e. The number of thiophene rings is 1. The van der Waals surface area contributed by atoms with Crippen molar-refractivity contribution in [3.63, 3.8) is 0 Å². The van der Waals surface area contributed by atoms with Crippen LogP contribution >= 0.6 is 11.3 Å². The average Bonchev–Trinajstić information content (AvgIpc) is 3.05. The SMILES string of the molecule is CCc1nnc(CN(C)c2nc(C)nc3sccc23)o1. The van der Waals surface area contributed by atoms with Crippen molar-refractivity contribution in [1.29, 1.82) is 0 Å². The predicted octanol–water partition coefficient (Wildman–Crippen LogP) is 2.58. The summed E-state index contributed by atoms with van der Waals surface area (Å²) in [7, 11) is 1.97. The Labute approximate surface area is 120 Å². The van der Waals surface area contributed by atoms with Gasteiger partial charge in [0.15, 0.2) is 0 Å². The first-order chi connectivity index (χ1) is 9.67. The van der Waals surface area contributed by atoms with Crippen molar-refractivity contribution in [2.75, 3.05) is 11.9 Å². The van der Waals surface area contributed by atoms with Gasteiger partial charge in [0, 0.05) is 13.5 Å². The quantitative estimate of drug-likeness (QED) is 0.735. The highest BCUT2D eigenvalue weighted by Crippen LogP contribution is 2.27. The van der Waals surface area contributed by atoms with Crippen LogP contribution < -0.4 is 4.90 Å². The van der Waals surface area contributed by atoms with Gasteiger partial charge in [-0.05, 0) is 18.4 Å². The molecule has 0 spiro atoms. The number of aryl methyl sites for hydroxylation is 2. The minimum atomic E-state index is 0.536. The number of fused-ring (bicyclic) bond motifs is 1. The van der Waals surface area contributed by atoms with E-state index in [0.29, 0.717) is 18.3 Å². The Hall–Kier alpha value is -2.02. The van der Waals surface area contributed by atoms with Crippen molar-refractivity contribution < 1.29 is 4.42 Å². The van der Waals surface area contributed by atoms with Crippen LogP contribution in [0.3, 0.4) is 0 Å². The number of anilines is 1. The summed E-state index contributed by atoms with van der Waals surface area (Å²) in [6.07, 6.45) is 0.748. The molecule has 0 amide bonds. The number of rotatable bonds is 4. The summed E-state index contributed by atoms with van der Waals surface area (Å²) in [5.74, 6) is 2.92. The van der Waals surface area contributed by atoms with Crippen molar-refractivity contribution in [1.82, 2.24) is 20.2 Å². The van der Waals surface area contributed by atoms with E-state index < -0.39 is 0 Å². The molecule has 0 atom stereocenters. The van der Waals surface area contributed by atoms with Gasteiger partial charge in [0.1, 0.15) is 16.5 Å². The van der Waals surface area contributed by atoms with Crippen molar-refractivity contribution in [2.45, 2.75) is 26.8 Å². The van der Waals surface area contributed by atoms with E-state index >= 15 is 0 Å². The van der Waals surface area contributed by atoms with E-state index in [0.717, 1.165) is 28.3 Å². The van der Waals surface area contributed by atoms with Crippen LogP contribution in [0.25, 0.3) is 10.2 Å². The Bertz CT molecular complexity index is 735. The Kier molecular flexibility index (Phi) is 3.35. The summed E-state index contributed by atoms with van der Waals surface area (Å²) in [5, 5.41) is 11.1. The molecule has 0 saturated carbocycles. The third kappa shape index (κ3) is 2.36. The zero-order valence-electron chi connectivity index (χ0n) is 11.6. The van der Waals surface area contributed by atoms with Crippen molar-refractivity contribution in [2.24, 2.45) is 0 Å². The lowest BCUT2D eigenvalue weighted by Crippen LogP contribution is -2.18. The van der Waals surface area contributed by atoms with Gasteiger partial charge >= 0.3 is 0 Å². The minimum absolute atomic E-state index is 0.536. The summed E-state index contributed by atoms with van der Waals surface area (Å²) in [6.45, 7) is 4.43. The molecule has 0 bridgehead atoms. The molecule has 0 aliphatic heterocycles. The molecule has 7 heteroatoms. The Morgan fingerprint density at radius 3 is 2.80 bits per heavy atom. The Morgan fingerprint density at radius 2 is 2.05 bits per heavy atom. The zero-order chi connectivity index (χ0) is 14.1. The topological polar surface area (TPSA) is 67.9 Å². The van der Waals surface area contributed by atoms with Gasteiger partial charge in [0.2, 0.25) is 11.8 Å². The van der Waals surface area contributed by atoms with Crippen LogP contribution in [0.5, 0.6) is 0 Å². The van der Waals surface area contributed by atoms with Crippen molar-refractivity contribution in [3.8, 4) is 0 Å². The molecule has 0 saturated heterocycles. The van der Waals surface area contributed by atoms with Crippen LogP contribution in [0.1, 0.15) is 24.5 Å². The molecular formula is C13H15N5OS. The van der Waals surface area contributed by atoms with E-state index in [4.69, 9.17) is 4.42 Å². The summed E-state index contributed by atoms with van der Waals surface area (Å²) in [6, 6.07) is 2.04. The lowest BCUT2D eigenvalue weighted by Gasteiger charge is -2.17. The van der Waals surface area contributed by atoms with Crippen LogP contribution in [0, 0.1) is 6.92 Å². The van der Waals surface area contributed by atoms with E-state index in [1.807, 2.05) is 37.2 Å². The van der Waals surface area contributed by atoms with Crippen LogP contribution in [-0.4, -0.2) is 27.2 Å². The fourth-order valence-electron chi connectivity index (χ4n) is 2.01. The molecule has 0 fully saturated rings. The van der Waals surface area contributed by atoms with Crippen molar-refractivity contribution in [3.05, 3.63) is 29.1 Å². The van der Waals surface area contributed by atoms with Crippen LogP contribution in [0.4, 0.5) is 5.82 Å². The standard InChI is InChI=1S/C13H15N5OS/c1-4-10-16-17-11(19-10)7-18(3)12-9-5-6-20-13(9)15-8(2)14-12/h5-6H,4,7H2,1-3H3. The fourth-order valence-corrected chi connectivity index (χ4v) is 2.81. The number of hydrogen-bond donors (Lipinski definition) is 0. The number of nitrogens with zero attached hydrogens (tertiary/aromatic N) is 5. The second-order valence-corrected chi connectivity index (χ2v) is 5.43. The summed E-state index contributed by atoms with van der Waals surface area (Å²) >= 11 is 1.62. The molecule has 0 aromatic carbocycles. The average molecular weight is 289 g/mol. The van der Waals surface area contributed by atoms with Gasteiger partial charge in [-0.2, -0.15) is 0 Å². The fraction of sp³-hybridized carbons (Fsp3) is 0.385. The Balaban J connectivity index is 1.91. The first-order valence-corrected chi connectivity index (χ1v) is 7.29. The molecule has 0 unspecified atom stereocenters. The molecule has 3 heterocycles. The molecule has 0 aliphatic rings. The smallest absolute Gasteiger partial charge is 0.235 e. The lowest BCUT2D eigenvalue weighted by molar-refractivity contribution is 0.452. The van der Waals surface area contributed by atoms with E-state index in [1.165, 1.54) is 0 Å². The maximum atomic E-state index is 5.54. The highest BCUT2D eigenvalue weighted by molar-refractivity contribution is 7.16. The third-order valence-corrected chi connectivity index (χ3v) is 3.77. The summed E-state index contributed by atoms with van der Waals surface area (Å²) in [5.41, 5.74) is 0. The van der Waals surface area contributed by atoms with Gasteiger partial charge in [0.05, 0.1) is 11.9 Å². The van der Waals surface area contributed by atoms with Crippen LogP contribution in [-0.2, 0) is 13.0 Å². The van der Waals surface area contributed by atoms with Gasteiger partial charge in [0.25, 0.3) is 0 Å². The number of hydrogen-bond acceptors (Lipinski definition) is 7. The molecular weight excluding hydrogens is 274 g/mol. The maximum Gasteiger partial charge on any atom is 0.235 e. The number of aromatic nitrogens is 4. The van der Waals surface area contributed by atoms with Gasteiger partial charge in [-0.3, -0.25) is 0 Å². The van der Waals surface area contributed by atoms with Crippen LogP contribution in [0.15, 0.2) is 15.9 Å². The van der Waals surface area contributed by atoms with Crippen molar-refractivity contribution >= 4 is 27.4 Å². The van der Waals surface area contributed by atoms with Gasteiger partial charge in [-0.25, -0.2) is 9.97 Å². The molecule has 3 rings (SSSR count). The van der Waals surface area contributed by atoms with E-state index in [9.17, 15) is 0 Å². The predicted molar refractivity (Wildman–Crippen MR) is 77.9 cm³/mol. The third-order valence-electron chi connectivity index (χ3n) is 2.96. The molecule has 3 aromatic rings. The highest BCUT2D eigenvalue weighted by atomic mass is 32.1. The molecule has 6 nitrogen and oxygen atoms in total. The summed E-state index contributed by atoms with van der Waals surface area (Å²) < 4.78 is 5.54. The monoisotopic (exact) mass is 289 g/mol. The zero-order valence-corrected chi connectivity index (χ0v) is 12.4. The molecule has 3 aromatic heterocycles. The van der Waals surface area contributed by atoms with E-state index in [2.05, 4.69) is 20.2 Å². The molecule has 104 valence electrons. The first kappa shape index (κ1) is 13.0. The molecule has 0 aliphatic carbocycles. The maximum absolute atomic E-state index is 5.54. The minimum Gasteiger partial charge on any atom is -0.423 e. The van der Waals surface area contributed by atoms with Crippen LogP contribution in [0.2, 0.25) is 0 Å². The molecule has 0 N–H and O–H groups in total. The molecule has 20 heavy (non-hydrogen) atoms. The second kappa shape index (κ2) is 5.16. The summed E-state index contributed by atoms with van der Waals surface area (Å²) in [4.78, 5) is 12.0. The van der Waals surface area contributed by atoms with E-state index in [-0.39, 0.29) is 0 Å². The van der Waals surface area contributed by atoms with Gasteiger partial charge < -0.3 is 9.32 Å².